The van der Waals surface area contributed by atoms with Crippen LogP contribution in [0.15, 0.2) is 41.2 Å². The SMILES string of the molecule is CCN(CC)c1ccc(NC(=O)CCC(=O)Nc2ccc3[nH]c(=O)[nH]c3n2)cc1. The number of pyridine rings is 1. The van der Waals surface area contributed by atoms with Crippen molar-refractivity contribution in [2.45, 2.75) is 26.7 Å². The molecular weight excluding hydrogens is 372 g/mol. The quantitative estimate of drug-likeness (QED) is 0.466. The lowest BCUT2D eigenvalue weighted by molar-refractivity contribution is -0.121. The number of aromatic nitrogens is 3. The molecule has 0 spiro atoms. The zero-order valence-electron chi connectivity index (χ0n) is 16.4. The van der Waals surface area contributed by atoms with Crippen LogP contribution in [0.4, 0.5) is 17.2 Å². The Hall–Kier alpha value is -3.62. The molecule has 152 valence electrons. The van der Waals surface area contributed by atoms with Crippen molar-refractivity contribution in [2.24, 2.45) is 0 Å². The number of hydrogen-bond acceptors (Lipinski definition) is 5. The molecule has 3 rings (SSSR count). The lowest BCUT2D eigenvalue weighted by atomic mass is 10.2. The number of H-pyrrole nitrogens is 2. The van der Waals surface area contributed by atoms with Gasteiger partial charge in [0.1, 0.15) is 5.82 Å². The van der Waals surface area contributed by atoms with Crippen LogP contribution in [-0.4, -0.2) is 39.9 Å². The number of imidazole rings is 1. The highest BCUT2D eigenvalue weighted by Crippen LogP contribution is 2.18. The first-order chi connectivity index (χ1) is 14.0. The number of carbonyl (C=O) groups excluding carboxylic acids is 2. The molecule has 4 N–H and O–H groups in total. The minimum absolute atomic E-state index is 0.0206. The van der Waals surface area contributed by atoms with Crippen LogP contribution >= 0.6 is 0 Å². The Morgan fingerprint density at radius 2 is 1.59 bits per heavy atom. The predicted molar refractivity (Wildman–Crippen MR) is 113 cm³/mol. The van der Waals surface area contributed by atoms with Crippen LogP contribution < -0.4 is 21.2 Å². The van der Waals surface area contributed by atoms with Crippen LogP contribution in [0.5, 0.6) is 0 Å². The summed E-state index contributed by atoms with van der Waals surface area (Å²) < 4.78 is 0. The zero-order chi connectivity index (χ0) is 20.8. The van der Waals surface area contributed by atoms with Gasteiger partial charge in [-0.15, -0.1) is 0 Å². The van der Waals surface area contributed by atoms with Gasteiger partial charge < -0.3 is 20.5 Å². The molecule has 9 heteroatoms. The summed E-state index contributed by atoms with van der Waals surface area (Å²) in [6, 6.07) is 10.8. The molecule has 0 aliphatic heterocycles. The largest absolute Gasteiger partial charge is 0.372 e. The van der Waals surface area contributed by atoms with Crippen molar-refractivity contribution in [1.29, 1.82) is 0 Å². The third-order valence-electron chi connectivity index (χ3n) is 4.50. The maximum Gasteiger partial charge on any atom is 0.325 e. The lowest BCUT2D eigenvalue weighted by Gasteiger charge is -2.21. The molecule has 1 aromatic carbocycles. The fraction of sp³-hybridized carbons (Fsp3) is 0.300. The molecule has 0 aliphatic carbocycles. The summed E-state index contributed by atoms with van der Waals surface area (Å²) in [6.07, 6.45) is 0.0690. The number of rotatable bonds is 8. The molecule has 0 radical (unpaired) electrons. The number of fused-ring (bicyclic) bond motifs is 1. The standard InChI is InChI=1S/C20H24N6O3/c1-3-26(4-2)14-7-5-13(6-8-14)21-17(27)11-12-18(28)23-16-10-9-15-19(24-16)25-20(29)22-15/h5-10H,3-4,11-12H2,1-2H3,(H,21,27)(H3,22,23,24,25,28,29). The highest BCUT2D eigenvalue weighted by atomic mass is 16.2. The Labute approximate surface area is 167 Å². The van der Waals surface area contributed by atoms with Crippen molar-refractivity contribution in [3.63, 3.8) is 0 Å². The van der Waals surface area contributed by atoms with Gasteiger partial charge in [0, 0.05) is 37.3 Å². The predicted octanol–water partition coefficient (Wildman–Crippen LogP) is 2.45. The highest BCUT2D eigenvalue weighted by Gasteiger charge is 2.10. The van der Waals surface area contributed by atoms with Gasteiger partial charge in [-0.1, -0.05) is 0 Å². The second kappa shape index (κ2) is 9.05. The van der Waals surface area contributed by atoms with Gasteiger partial charge in [0.05, 0.1) is 5.52 Å². The fourth-order valence-corrected chi connectivity index (χ4v) is 2.99. The second-order valence-electron chi connectivity index (χ2n) is 6.49. The van der Waals surface area contributed by atoms with E-state index in [1.807, 2.05) is 24.3 Å². The maximum atomic E-state index is 12.1. The first kappa shape index (κ1) is 20.1. The molecule has 0 saturated carbocycles. The van der Waals surface area contributed by atoms with Gasteiger partial charge in [-0.2, -0.15) is 0 Å². The van der Waals surface area contributed by atoms with Crippen LogP contribution in [0.1, 0.15) is 26.7 Å². The van der Waals surface area contributed by atoms with Gasteiger partial charge in [0.2, 0.25) is 11.8 Å². The molecular formula is C20H24N6O3. The Kier molecular flexibility index (Phi) is 6.28. The Morgan fingerprint density at radius 3 is 2.24 bits per heavy atom. The van der Waals surface area contributed by atoms with E-state index >= 15 is 0 Å². The van der Waals surface area contributed by atoms with E-state index in [0.717, 1.165) is 18.8 Å². The number of nitrogens with zero attached hydrogens (tertiary/aromatic N) is 2. The Morgan fingerprint density at radius 1 is 0.931 bits per heavy atom. The van der Waals surface area contributed by atoms with E-state index in [1.165, 1.54) is 0 Å². The van der Waals surface area contributed by atoms with E-state index in [0.29, 0.717) is 22.7 Å². The number of benzene rings is 1. The summed E-state index contributed by atoms with van der Waals surface area (Å²) >= 11 is 0. The third kappa shape index (κ3) is 5.22. The maximum absolute atomic E-state index is 12.1. The van der Waals surface area contributed by atoms with Gasteiger partial charge in [-0.3, -0.25) is 14.6 Å². The topological polar surface area (TPSA) is 123 Å². The van der Waals surface area contributed by atoms with Gasteiger partial charge >= 0.3 is 5.69 Å². The van der Waals surface area contributed by atoms with Crippen molar-refractivity contribution in [3.8, 4) is 0 Å². The lowest BCUT2D eigenvalue weighted by Crippen LogP contribution is -2.21. The summed E-state index contributed by atoms with van der Waals surface area (Å²) in [5.41, 5.74) is 2.34. The minimum Gasteiger partial charge on any atom is -0.372 e. The molecule has 2 heterocycles. The summed E-state index contributed by atoms with van der Waals surface area (Å²) in [6.45, 7) is 6.02. The Balaban J connectivity index is 1.49. The third-order valence-corrected chi connectivity index (χ3v) is 4.50. The molecule has 2 aromatic heterocycles. The van der Waals surface area contributed by atoms with Crippen LogP contribution in [0.2, 0.25) is 0 Å². The van der Waals surface area contributed by atoms with E-state index in [2.05, 4.69) is 44.3 Å². The average Bonchev–Trinajstić information content (AvgIpc) is 3.08. The molecule has 29 heavy (non-hydrogen) atoms. The highest BCUT2D eigenvalue weighted by molar-refractivity contribution is 5.96. The van der Waals surface area contributed by atoms with Crippen LogP contribution in [0, 0.1) is 0 Å². The molecule has 3 aromatic rings. The van der Waals surface area contributed by atoms with Gasteiger partial charge in [0.25, 0.3) is 0 Å². The normalized spacial score (nSPS) is 10.7. The monoisotopic (exact) mass is 396 g/mol. The number of carbonyl (C=O) groups is 2. The van der Waals surface area contributed by atoms with Crippen molar-refractivity contribution < 1.29 is 9.59 Å². The summed E-state index contributed by atoms with van der Waals surface area (Å²) in [5, 5.41) is 5.42. The molecule has 2 amide bonds. The summed E-state index contributed by atoms with van der Waals surface area (Å²) in [4.78, 5) is 46.9. The Bertz CT molecular complexity index is 1050. The molecule has 0 bridgehead atoms. The van der Waals surface area contributed by atoms with Gasteiger partial charge in [0.15, 0.2) is 5.65 Å². The number of nitrogens with one attached hydrogen (secondary N) is 4. The summed E-state index contributed by atoms with van der Waals surface area (Å²) in [5.74, 6) is -0.263. The number of amides is 2. The van der Waals surface area contributed by atoms with E-state index in [4.69, 9.17) is 0 Å². The first-order valence-corrected chi connectivity index (χ1v) is 9.52. The number of hydrogen-bond donors (Lipinski definition) is 4. The molecule has 0 unspecified atom stereocenters. The van der Waals surface area contributed by atoms with E-state index < -0.39 is 0 Å². The van der Waals surface area contributed by atoms with E-state index in [-0.39, 0.29) is 30.3 Å². The van der Waals surface area contributed by atoms with Crippen LogP contribution in [-0.2, 0) is 9.59 Å². The molecule has 0 saturated heterocycles. The number of aromatic amines is 2. The smallest absolute Gasteiger partial charge is 0.325 e. The number of anilines is 3. The summed E-state index contributed by atoms with van der Waals surface area (Å²) in [7, 11) is 0. The van der Waals surface area contributed by atoms with Crippen LogP contribution in [0.3, 0.4) is 0 Å². The molecule has 0 fully saturated rings. The first-order valence-electron chi connectivity index (χ1n) is 9.52. The van der Waals surface area contributed by atoms with Crippen LogP contribution in [0.25, 0.3) is 11.2 Å². The van der Waals surface area contributed by atoms with Crippen molar-refractivity contribution >= 4 is 40.2 Å². The molecule has 9 nitrogen and oxygen atoms in total. The van der Waals surface area contributed by atoms with Crippen molar-refractivity contribution in [3.05, 3.63) is 46.9 Å². The van der Waals surface area contributed by atoms with Crippen molar-refractivity contribution in [1.82, 2.24) is 15.0 Å². The molecule has 0 aliphatic rings. The van der Waals surface area contributed by atoms with E-state index in [1.54, 1.807) is 12.1 Å². The minimum atomic E-state index is -0.363. The van der Waals surface area contributed by atoms with E-state index in [9.17, 15) is 14.4 Å². The van der Waals surface area contributed by atoms with Crippen molar-refractivity contribution in [2.75, 3.05) is 28.6 Å². The average molecular weight is 396 g/mol. The fourth-order valence-electron chi connectivity index (χ4n) is 2.99. The van der Waals surface area contributed by atoms with Gasteiger partial charge in [-0.25, -0.2) is 9.78 Å². The second-order valence-corrected chi connectivity index (χ2v) is 6.49. The van der Waals surface area contributed by atoms with Gasteiger partial charge in [-0.05, 0) is 50.2 Å². The zero-order valence-corrected chi connectivity index (χ0v) is 16.4. The molecule has 0 atom stereocenters.